The van der Waals surface area contributed by atoms with Gasteiger partial charge in [-0.05, 0) is 109 Å². The summed E-state index contributed by atoms with van der Waals surface area (Å²) in [4.78, 5) is 10.8. The summed E-state index contributed by atoms with van der Waals surface area (Å²) in [6, 6.07) is 74.1. The second-order valence-electron chi connectivity index (χ2n) is 17.0. The molecule has 0 N–H and O–H groups in total. The molecular weight excluding hydrogens is 767 g/mol. The summed E-state index contributed by atoms with van der Waals surface area (Å²) < 4.78 is 7.09. The third-order valence-corrected chi connectivity index (χ3v) is 12.4. The SMILES string of the molecule is CC(C)Cc1ccc2c3ccccc3n(-c3cc(-c4cccc(-c5cccc(-n6c7ccccc7c7ccccc76)c5)n4)cc(-c4nc5ccccc5n4-c4ccccc4)c3)c2c1. The maximum atomic E-state index is 5.47. The third-order valence-electron chi connectivity index (χ3n) is 12.4. The number of aromatic nitrogens is 5. The predicted octanol–water partition coefficient (Wildman–Crippen LogP) is 14.8. The van der Waals surface area contributed by atoms with Gasteiger partial charge in [-0.1, -0.05) is 129 Å². The Kier molecular flexibility index (Phi) is 8.68. The highest BCUT2D eigenvalue weighted by atomic mass is 15.1. The predicted molar refractivity (Wildman–Crippen MR) is 262 cm³/mol. The standard InChI is InChI=1S/C58H43N5/c1-38(2)32-39-30-31-49-48-22-8-12-28-55(48)62(57(49)33-39)45-36-41(34-42(37-45)58-60-52-23-9-13-29-56(52)63(58)43-17-4-3-5-18-43)51-25-15-24-50(59-51)40-16-14-19-44(35-40)61-53-26-10-6-20-46(53)47-21-7-11-27-54(47)61/h3-31,33-38H,32H2,1-2H3. The van der Waals surface area contributed by atoms with Crippen LogP contribution in [0.3, 0.4) is 0 Å². The van der Waals surface area contributed by atoms with Crippen molar-refractivity contribution < 1.29 is 0 Å². The van der Waals surface area contributed by atoms with Crippen molar-refractivity contribution >= 4 is 54.6 Å². The quantitative estimate of drug-likeness (QED) is 0.153. The van der Waals surface area contributed by atoms with Crippen LogP contribution in [-0.4, -0.2) is 23.7 Å². The van der Waals surface area contributed by atoms with Gasteiger partial charge in [0.25, 0.3) is 0 Å². The Morgan fingerprint density at radius 3 is 1.60 bits per heavy atom. The van der Waals surface area contributed by atoms with Gasteiger partial charge in [0.2, 0.25) is 0 Å². The van der Waals surface area contributed by atoms with Crippen LogP contribution in [-0.2, 0) is 6.42 Å². The third kappa shape index (κ3) is 6.23. The van der Waals surface area contributed by atoms with Gasteiger partial charge in [0.1, 0.15) is 5.82 Å². The molecule has 300 valence electrons. The number of pyridine rings is 1. The Labute approximate surface area is 365 Å². The molecule has 0 amide bonds. The normalized spacial score (nSPS) is 11.9. The summed E-state index contributed by atoms with van der Waals surface area (Å²) in [5.74, 6) is 1.42. The number of rotatable bonds is 8. The maximum absolute atomic E-state index is 5.47. The lowest BCUT2D eigenvalue weighted by molar-refractivity contribution is 0.647. The molecule has 12 aromatic rings. The minimum Gasteiger partial charge on any atom is -0.309 e. The summed E-state index contributed by atoms with van der Waals surface area (Å²) in [7, 11) is 0. The molecule has 0 fully saturated rings. The first-order chi connectivity index (χ1) is 31.1. The van der Waals surface area contributed by atoms with Gasteiger partial charge in [-0.15, -0.1) is 0 Å². The minimum absolute atomic E-state index is 0.544. The lowest BCUT2D eigenvalue weighted by atomic mass is 10.0. The van der Waals surface area contributed by atoms with E-state index in [0.717, 1.165) is 73.9 Å². The van der Waals surface area contributed by atoms with E-state index in [1.54, 1.807) is 0 Å². The molecule has 0 aliphatic heterocycles. The second-order valence-corrected chi connectivity index (χ2v) is 17.0. The average Bonchev–Trinajstić information content (AvgIpc) is 4.00. The first-order valence-electron chi connectivity index (χ1n) is 21.8. The molecule has 5 nitrogen and oxygen atoms in total. The Morgan fingerprint density at radius 2 is 0.905 bits per heavy atom. The minimum atomic E-state index is 0.544. The van der Waals surface area contributed by atoms with E-state index in [2.05, 4.69) is 234 Å². The molecule has 8 aromatic carbocycles. The Hall–Kier alpha value is -8.02. The highest BCUT2D eigenvalue weighted by molar-refractivity contribution is 6.10. The lowest BCUT2D eigenvalue weighted by Crippen LogP contribution is -2.01. The van der Waals surface area contributed by atoms with Crippen LogP contribution in [0.4, 0.5) is 0 Å². The Balaban J connectivity index is 1.08. The summed E-state index contributed by atoms with van der Waals surface area (Å²) in [6.45, 7) is 4.58. The van der Waals surface area contributed by atoms with Crippen molar-refractivity contribution in [3.63, 3.8) is 0 Å². The number of benzene rings is 8. The van der Waals surface area contributed by atoms with Gasteiger partial charge in [0, 0.05) is 55.3 Å². The van der Waals surface area contributed by atoms with Crippen LogP contribution in [0.1, 0.15) is 19.4 Å². The monoisotopic (exact) mass is 809 g/mol. The molecular formula is C58H43N5. The number of hydrogen-bond acceptors (Lipinski definition) is 2. The van der Waals surface area contributed by atoms with Gasteiger partial charge in [-0.2, -0.15) is 0 Å². The van der Waals surface area contributed by atoms with Gasteiger partial charge in [-0.3, -0.25) is 4.57 Å². The number of hydrogen-bond donors (Lipinski definition) is 0. The van der Waals surface area contributed by atoms with Crippen LogP contribution in [0, 0.1) is 5.92 Å². The van der Waals surface area contributed by atoms with Crippen LogP contribution in [0.25, 0.3) is 106 Å². The summed E-state index contributed by atoms with van der Waals surface area (Å²) in [6.07, 6.45) is 1.01. The number of fused-ring (bicyclic) bond motifs is 7. The highest BCUT2D eigenvalue weighted by Gasteiger charge is 2.20. The molecule has 5 heteroatoms. The number of imidazole rings is 1. The van der Waals surface area contributed by atoms with E-state index in [1.807, 2.05) is 0 Å². The van der Waals surface area contributed by atoms with Gasteiger partial charge < -0.3 is 9.13 Å². The van der Waals surface area contributed by atoms with Crippen molar-refractivity contribution in [2.75, 3.05) is 0 Å². The van der Waals surface area contributed by atoms with Crippen molar-refractivity contribution in [1.29, 1.82) is 0 Å². The van der Waals surface area contributed by atoms with Gasteiger partial charge in [0.15, 0.2) is 0 Å². The highest BCUT2D eigenvalue weighted by Crippen LogP contribution is 2.39. The van der Waals surface area contributed by atoms with Crippen LogP contribution < -0.4 is 0 Å². The van der Waals surface area contributed by atoms with Gasteiger partial charge >= 0.3 is 0 Å². The van der Waals surface area contributed by atoms with E-state index in [0.29, 0.717) is 5.92 Å². The molecule has 0 unspecified atom stereocenters. The largest absolute Gasteiger partial charge is 0.309 e. The summed E-state index contributed by atoms with van der Waals surface area (Å²) in [5.41, 5.74) is 16.2. The molecule has 0 saturated heterocycles. The Morgan fingerprint density at radius 1 is 0.365 bits per heavy atom. The smallest absolute Gasteiger partial charge is 0.145 e. The van der Waals surface area contributed by atoms with E-state index in [1.165, 1.54) is 43.7 Å². The van der Waals surface area contributed by atoms with Crippen LogP contribution >= 0.6 is 0 Å². The van der Waals surface area contributed by atoms with Gasteiger partial charge in [0.05, 0.1) is 44.5 Å². The van der Waals surface area contributed by atoms with E-state index in [4.69, 9.17) is 9.97 Å². The van der Waals surface area contributed by atoms with Crippen molar-refractivity contribution in [2.24, 2.45) is 5.92 Å². The first-order valence-corrected chi connectivity index (χ1v) is 21.8. The maximum Gasteiger partial charge on any atom is 0.145 e. The van der Waals surface area contributed by atoms with E-state index >= 15 is 0 Å². The molecule has 0 spiro atoms. The fourth-order valence-electron chi connectivity index (χ4n) is 9.73. The molecule has 63 heavy (non-hydrogen) atoms. The zero-order chi connectivity index (χ0) is 42.0. The van der Waals surface area contributed by atoms with E-state index in [9.17, 15) is 0 Å². The topological polar surface area (TPSA) is 40.6 Å². The van der Waals surface area contributed by atoms with Crippen LogP contribution in [0.5, 0.6) is 0 Å². The molecule has 12 rings (SSSR count). The fraction of sp³-hybridized carbons (Fsp3) is 0.0690. The van der Waals surface area contributed by atoms with Crippen LogP contribution in [0.2, 0.25) is 0 Å². The number of nitrogens with zero attached hydrogens (tertiary/aromatic N) is 5. The van der Waals surface area contributed by atoms with E-state index in [-0.39, 0.29) is 0 Å². The average molecular weight is 810 g/mol. The van der Waals surface area contributed by atoms with Crippen molar-refractivity contribution in [3.05, 3.63) is 212 Å². The second kappa shape index (κ2) is 14.9. The van der Waals surface area contributed by atoms with Crippen molar-refractivity contribution in [3.8, 4) is 51.0 Å². The Bertz CT molecular complexity index is 3640. The summed E-state index contributed by atoms with van der Waals surface area (Å²) >= 11 is 0. The molecule has 0 atom stereocenters. The molecule has 4 heterocycles. The molecule has 0 saturated carbocycles. The van der Waals surface area contributed by atoms with Gasteiger partial charge in [-0.25, -0.2) is 9.97 Å². The first kappa shape index (κ1) is 36.8. The van der Waals surface area contributed by atoms with Crippen molar-refractivity contribution in [2.45, 2.75) is 20.3 Å². The molecule has 0 aliphatic rings. The number of para-hydroxylation sites is 6. The van der Waals surface area contributed by atoms with Crippen molar-refractivity contribution in [1.82, 2.24) is 23.7 Å². The van der Waals surface area contributed by atoms with Crippen LogP contribution in [0.15, 0.2) is 206 Å². The van der Waals surface area contributed by atoms with E-state index < -0.39 is 0 Å². The fourth-order valence-corrected chi connectivity index (χ4v) is 9.73. The zero-order valence-corrected chi connectivity index (χ0v) is 35.2. The zero-order valence-electron chi connectivity index (χ0n) is 35.2. The molecule has 4 aromatic heterocycles. The molecule has 0 radical (unpaired) electrons. The molecule has 0 bridgehead atoms. The lowest BCUT2D eigenvalue weighted by Gasteiger charge is -2.16. The molecule has 0 aliphatic carbocycles. The summed E-state index contributed by atoms with van der Waals surface area (Å²) in [5, 5.41) is 4.96.